The molecule has 2 fully saturated rings. The van der Waals surface area contributed by atoms with Crippen LogP contribution >= 0.6 is 0 Å². The van der Waals surface area contributed by atoms with Gasteiger partial charge in [-0.15, -0.1) is 0 Å². The number of non-ortho nitro benzene ring substituents is 1. The quantitative estimate of drug-likeness (QED) is 0.364. The van der Waals surface area contributed by atoms with Gasteiger partial charge in [0.25, 0.3) is 5.69 Å². The number of benzene rings is 1. The fourth-order valence-electron chi connectivity index (χ4n) is 3.64. The Labute approximate surface area is 157 Å². The molecule has 1 aromatic rings. The summed E-state index contributed by atoms with van der Waals surface area (Å²) in [6.45, 7) is 3.82. The number of hydrogen-bond acceptors (Lipinski definition) is 5. The number of rotatable bonds is 4. The van der Waals surface area contributed by atoms with Crippen LogP contribution in [0.4, 0.5) is 10.5 Å². The standard InChI is InChI=1S/C19H23N3O5/c1-12-16(18(23)27-15-6-4-2-3-5-7-15)17(21-19(24)20-12)13-8-10-14(11-9-13)22(25)26/h8-11,15-17H,1-7H2,(H2,20,21,24). The lowest BCUT2D eigenvalue weighted by molar-refractivity contribution is -0.384. The zero-order chi connectivity index (χ0) is 19.4. The molecule has 8 heteroatoms. The molecule has 1 heterocycles. The molecule has 2 aliphatic rings. The third kappa shape index (κ3) is 4.45. The van der Waals surface area contributed by atoms with Gasteiger partial charge in [0, 0.05) is 17.8 Å². The maximum absolute atomic E-state index is 12.9. The smallest absolute Gasteiger partial charge is 0.319 e. The average Bonchev–Trinajstić information content (AvgIpc) is 2.89. The molecular formula is C19H23N3O5. The highest BCUT2D eigenvalue weighted by Gasteiger charge is 2.39. The molecule has 8 nitrogen and oxygen atoms in total. The molecule has 1 saturated carbocycles. The van der Waals surface area contributed by atoms with Crippen molar-refractivity contribution in [2.75, 3.05) is 0 Å². The zero-order valence-electron chi connectivity index (χ0n) is 15.0. The summed E-state index contributed by atoms with van der Waals surface area (Å²) in [6, 6.07) is 4.61. The molecule has 2 unspecified atom stereocenters. The number of carbonyl (C=O) groups excluding carboxylic acids is 2. The Morgan fingerprint density at radius 1 is 1.15 bits per heavy atom. The molecule has 1 aliphatic carbocycles. The van der Waals surface area contributed by atoms with E-state index in [0.717, 1.165) is 38.5 Å². The largest absolute Gasteiger partial charge is 0.462 e. The first-order valence-corrected chi connectivity index (χ1v) is 9.17. The van der Waals surface area contributed by atoms with Crippen molar-refractivity contribution < 1.29 is 19.2 Å². The molecule has 0 bridgehead atoms. The number of urea groups is 1. The summed E-state index contributed by atoms with van der Waals surface area (Å²) < 4.78 is 5.73. The molecule has 0 radical (unpaired) electrons. The van der Waals surface area contributed by atoms with Gasteiger partial charge < -0.3 is 15.4 Å². The number of nitro groups is 1. The van der Waals surface area contributed by atoms with Gasteiger partial charge in [-0.2, -0.15) is 0 Å². The van der Waals surface area contributed by atoms with Crippen LogP contribution in [-0.2, 0) is 9.53 Å². The first kappa shape index (κ1) is 18.9. The minimum atomic E-state index is -0.799. The predicted octanol–water partition coefficient (Wildman–Crippen LogP) is 3.34. The second-order valence-electron chi connectivity index (χ2n) is 6.98. The molecule has 2 atom stereocenters. The molecule has 1 aromatic carbocycles. The van der Waals surface area contributed by atoms with E-state index in [1.165, 1.54) is 24.3 Å². The van der Waals surface area contributed by atoms with Crippen LogP contribution in [0.2, 0.25) is 0 Å². The summed E-state index contributed by atoms with van der Waals surface area (Å²) in [4.78, 5) is 35.1. The van der Waals surface area contributed by atoms with E-state index < -0.39 is 28.9 Å². The van der Waals surface area contributed by atoms with Crippen LogP contribution in [0.5, 0.6) is 0 Å². The third-order valence-electron chi connectivity index (χ3n) is 5.07. The Bertz CT molecular complexity index is 738. The van der Waals surface area contributed by atoms with Gasteiger partial charge in [-0.25, -0.2) is 4.79 Å². The van der Waals surface area contributed by atoms with E-state index in [2.05, 4.69) is 17.2 Å². The molecule has 1 aliphatic heterocycles. The number of amides is 2. The minimum Gasteiger partial charge on any atom is -0.462 e. The molecule has 3 rings (SSSR count). The molecule has 27 heavy (non-hydrogen) atoms. The highest BCUT2D eigenvalue weighted by Crippen LogP contribution is 2.32. The lowest BCUT2D eigenvalue weighted by Gasteiger charge is -2.34. The first-order valence-electron chi connectivity index (χ1n) is 9.17. The highest BCUT2D eigenvalue weighted by atomic mass is 16.6. The summed E-state index contributed by atoms with van der Waals surface area (Å²) in [5.41, 5.74) is 0.788. The summed E-state index contributed by atoms with van der Waals surface area (Å²) in [5.74, 6) is -1.24. The van der Waals surface area contributed by atoms with Gasteiger partial charge in [-0.3, -0.25) is 14.9 Å². The van der Waals surface area contributed by atoms with Crippen molar-refractivity contribution in [1.82, 2.24) is 10.6 Å². The summed E-state index contributed by atoms with van der Waals surface area (Å²) >= 11 is 0. The second-order valence-corrected chi connectivity index (χ2v) is 6.98. The van der Waals surface area contributed by atoms with E-state index in [1.54, 1.807) is 0 Å². The maximum Gasteiger partial charge on any atom is 0.319 e. The number of nitro benzene ring substituents is 1. The normalized spacial score (nSPS) is 23.7. The molecule has 2 amide bonds. The number of nitrogens with one attached hydrogen (secondary N) is 2. The number of hydrogen-bond donors (Lipinski definition) is 2. The number of nitrogens with zero attached hydrogens (tertiary/aromatic N) is 1. The van der Waals surface area contributed by atoms with Crippen LogP contribution in [0, 0.1) is 16.0 Å². The Morgan fingerprint density at radius 2 is 1.78 bits per heavy atom. The van der Waals surface area contributed by atoms with Crippen LogP contribution in [0.3, 0.4) is 0 Å². The van der Waals surface area contributed by atoms with E-state index in [9.17, 15) is 19.7 Å². The van der Waals surface area contributed by atoms with Crippen LogP contribution in [0.15, 0.2) is 36.5 Å². The van der Waals surface area contributed by atoms with E-state index in [-0.39, 0.29) is 17.5 Å². The van der Waals surface area contributed by atoms with Crippen molar-refractivity contribution in [1.29, 1.82) is 0 Å². The fourth-order valence-corrected chi connectivity index (χ4v) is 3.64. The topological polar surface area (TPSA) is 111 Å². The lowest BCUT2D eigenvalue weighted by atomic mass is 9.89. The maximum atomic E-state index is 12.9. The van der Waals surface area contributed by atoms with E-state index in [0.29, 0.717) is 5.56 Å². The molecule has 2 N–H and O–H groups in total. The Balaban J connectivity index is 1.80. The van der Waals surface area contributed by atoms with Crippen LogP contribution in [0.1, 0.15) is 50.1 Å². The minimum absolute atomic E-state index is 0.0598. The molecule has 0 aromatic heterocycles. The lowest BCUT2D eigenvalue weighted by Crippen LogP contribution is -2.51. The average molecular weight is 373 g/mol. The molecule has 0 spiro atoms. The number of esters is 1. The van der Waals surface area contributed by atoms with E-state index in [1.807, 2.05) is 0 Å². The van der Waals surface area contributed by atoms with Crippen molar-refractivity contribution in [3.05, 3.63) is 52.2 Å². The van der Waals surface area contributed by atoms with Crippen LogP contribution in [0.25, 0.3) is 0 Å². The Kier molecular flexibility index (Phi) is 5.73. The van der Waals surface area contributed by atoms with Gasteiger partial charge in [0.1, 0.15) is 12.0 Å². The van der Waals surface area contributed by atoms with Crippen molar-refractivity contribution in [3.8, 4) is 0 Å². The van der Waals surface area contributed by atoms with Gasteiger partial charge in [0.15, 0.2) is 0 Å². The molecule has 144 valence electrons. The molecule has 1 saturated heterocycles. The SMILES string of the molecule is C=C1NC(=O)NC(c2ccc([N+](=O)[O-])cc2)C1C(=O)OC1CCCCCC1. The van der Waals surface area contributed by atoms with Gasteiger partial charge in [0.2, 0.25) is 0 Å². The predicted molar refractivity (Wildman–Crippen MR) is 97.7 cm³/mol. The Hall–Kier alpha value is -2.90. The summed E-state index contributed by atoms with van der Waals surface area (Å²) in [6.07, 6.45) is 5.91. The fraction of sp³-hybridized carbons (Fsp3) is 0.474. The zero-order valence-corrected chi connectivity index (χ0v) is 15.0. The van der Waals surface area contributed by atoms with Crippen molar-refractivity contribution in [2.45, 2.75) is 50.7 Å². The Morgan fingerprint density at radius 3 is 2.37 bits per heavy atom. The van der Waals surface area contributed by atoms with Crippen LogP contribution < -0.4 is 10.6 Å². The van der Waals surface area contributed by atoms with Crippen LogP contribution in [-0.4, -0.2) is 23.0 Å². The van der Waals surface area contributed by atoms with Gasteiger partial charge in [0.05, 0.1) is 11.0 Å². The third-order valence-corrected chi connectivity index (χ3v) is 5.07. The summed E-state index contributed by atoms with van der Waals surface area (Å²) in [5, 5.41) is 16.1. The highest BCUT2D eigenvalue weighted by molar-refractivity contribution is 5.85. The first-order chi connectivity index (χ1) is 13.0. The van der Waals surface area contributed by atoms with Gasteiger partial charge in [-0.1, -0.05) is 31.6 Å². The number of ether oxygens (including phenoxy) is 1. The van der Waals surface area contributed by atoms with Crippen molar-refractivity contribution in [2.24, 2.45) is 5.92 Å². The van der Waals surface area contributed by atoms with E-state index >= 15 is 0 Å². The second kappa shape index (κ2) is 8.20. The van der Waals surface area contributed by atoms with E-state index in [4.69, 9.17) is 4.74 Å². The van der Waals surface area contributed by atoms with Gasteiger partial charge in [-0.05, 0) is 31.2 Å². The monoisotopic (exact) mass is 373 g/mol. The number of carbonyl (C=O) groups is 2. The van der Waals surface area contributed by atoms with Crippen molar-refractivity contribution in [3.63, 3.8) is 0 Å². The van der Waals surface area contributed by atoms with Gasteiger partial charge >= 0.3 is 12.0 Å². The van der Waals surface area contributed by atoms with Crippen molar-refractivity contribution >= 4 is 17.7 Å². The summed E-state index contributed by atoms with van der Waals surface area (Å²) in [7, 11) is 0. The molecular weight excluding hydrogens is 350 g/mol.